The van der Waals surface area contributed by atoms with Crippen molar-refractivity contribution < 1.29 is 0 Å². The van der Waals surface area contributed by atoms with Crippen LogP contribution in [0.15, 0.2) is 54.6 Å². The fraction of sp³-hybridized carbons (Fsp3) is 0.538. The largest absolute Gasteiger partial charge is 0.0654 e. The molecule has 0 atom stereocenters. The summed E-state index contributed by atoms with van der Waals surface area (Å²) in [6.45, 7) is 2.29. The van der Waals surface area contributed by atoms with Gasteiger partial charge in [-0.15, -0.1) is 0 Å². The average Bonchev–Trinajstić information content (AvgIpc) is 2.70. The summed E-state index contributed by atoms with van der Waals surface area (Å²) in [5.41, 5.74) is 4.27. The van der Waals surface area contributed by atoms with E-state index in [4.69, 9.17) is 0 Å². The van der Waals surface area contributed by atoms with Crippen molar-refractivity contribution in [1.29, 1.82) is 0 Å². The van der Waals surface area contributed by atoms with Crippen molar-refractivity contribution >= 4 is 0 Å². The fourth-order valence-electron chi connectivity index (χ4n) is 3.79. The van der Waals surface area contributed by atoms with E-state index >= 15 is 0 Å². The fourth-order valence-corrected chi connectivity index (χ4v) is 3.79. The summed E-state index contributed by atoms with van der Waals surface area (Å²) in [5, 5.41) is 0. The quantitative estimate of drug-likeness (QED) is 0.299. The molecule has 0 heterocycles. The molecular weight excluding hydrogens is 312 g/mol. The van der Waals surface area contributed by atoms with E-state index in [0.717, 1.165) is 0 Å². The highest BCUT2D eigenvalue weighted by Crippen LogP contribution is 2.25. The summed E-state index contributed by atoms with van der Waals surface area (Å²) in [5.74, 6) is 0. The van der Waals surface area contributed by atoms with Gasteiger partial charge in [-0.2, -0.15) is 0 Å². The standard InChI is InChI=1S/C26H38/c1-2-3-4-5-6-7-8-9-10-11-12-14-19-25-22-17-18-23-26(25)24-20-15-13-16-21-24/h13,15-18,20-23H,2-12,14,19H2,1H3. The molecule has 0 aliphatic heterocycles. The van der Waals surface area contributed by atoms with Gasteiger partial charge >= 0.3 is 0 Å². The molecule has 0 bridgehead atoms. The second kappa shape index (κ2) is 13.6. The summed E-state index contributed by atoms with van der Waals surface area (Å²) in [6, 6.07) is 19.7. The minimum absolute atomic E-state index is 1.21. The molecule has 2 rings (SSSR count). The van der Waals surface area contributed by atoms with Crippen LogP contribution in [0.3, 0.4) is 0 Å². The Labute approximate surface area is 162 Å². The van der Waals surface area contributed by atoms with Gasteiger partial charge in [0.25, 0.3) is 0 Å². The highest BCUT2D eigenvalue weighted by atomic mass is 14.1. The number of hydrogen-bond donors (Lipinski definition) is 0. The molecule has 0 aliphatic carbocycles. The van der Waals surface area contributed by atoms with E-state index in [1.807, 2.05) is 0 Å². The van der Waals surface area contributed by atoms with Crippen LogP contribution in [0.5, 0.6) is 0 Å². The molecule has 0 unspecified atom stereocenters. The smallest absolute Gasteiger partial charge is 0.0152 e. The normalized spacial score (nSPS) is 11.0. The first kappa shape index (κ1) is 20.7. The first-order valence-corrected chi connectivity index (χ1v) is 11.0. The zero-order valence-electron chi connectivity index (χ0n) is 16.9. The number of unbranched alkanes of at least 4 members (excludes halogenated alkanes) is 11. The van der Waals surface area contributed by atoms with Gasteiger partial charge < -0.3 is 0 Å². The van der Waals surface area contributed by atoms with Crippen molar-refractivity contribution in [3.05, 3.63) is 60.2 Å². The van der Waals surface area contributed by atoms with Crippen LogP contribution in [-0.4, -0.2) is 0 Å². The molecule has 0 fully saturated rings. The summed E-state index contributed by atoms with van der Waals surface area (Å²) in [4.78, 5) is 0. The van der Waals surface area contributed by atoms with Crippen molar-refractivity contribution in [2.75, 3.05) is 0 Å². The van der Waals surface area contributed by atoms with E-state index in [1.54, 1.807) is 0 Å². The lowest BCUT2D eigenvalue weighted by Gasteiger charge is -2.10. The van der Waals surface area contributed by atoms with Crippen LogP contribution >= 0.6 is 0 Å². The van der Waals surface area contributed by atoms with Gasteiger partial charge in [0.2, 0.25) is 0 Å². The average molecular weight is 351 g/mol. The maximum atomic E-state index is 2.31. The molecule has 0 heteroatoms. The molecule has 0 N–H and O–H groups in total. The highest BCUT2D eigenvalue weighted by molar-refractivity contribution is 5.67. The Hall–Kier alpha value is -1.56. The molecule has 2 aromatic rings. The minimum atomic E-state index is 1.21. The van der Waals surface area contributed by atoms with Crippen LogP contribution < -0.4 is 0 Å². The molecule has 0 aliphatic rings. The van der Waals surface area contributed by atoms with Crippen molar-refractivity contribution in [2.45, 2.75) is 90.4 Å². The van der Waals surface area contributed by atoms with Gasteiger partial charge in [0.05, 0.1) is 0 Å². The highest BCUT2D eigenvalue weighted by Gasteiger charge is 2.03. The van der Waals surface area contributed by atoms with E-state index in [1.165, 1.54) is 100 Å². The summed E-state index contributed by atoms with van der Waals surface area (Å²) >= 11 is 0. The third-order valence-electron chi connectivity index (χ3n) is 5.40. The van der Waals surface area contributed by atoms with Gasteiger partial charge in [-0.1, -0.05) is 132 Å². The van der Waals surface area contributed by atoms with Crippen LogP contribution in [0.4, 0.5) is 0 Å². The van der Waals surface area contributed by atoms with Gasteiger partial charge in [-0.25, -0.2) is 0 Å². The first-order chi connectivity index (χ1) is 12.9. The lowest BCUT2D eigenvalue weighted by Crippen LogP contribution is -1.91. The predicted molar refractivity (Wildman–Crippen MR) is 117 cm³/mol. The molecule has 0 radical (unpaired) electrons. The number of benzene rings is 2. The Morgan fingerprint density at radius 3 is 1.62 bits per heavy atom. The van der Waals surface area contributed by atoms with Gasteiger partial charge in [0.1, 0.15) is 0 Å². The van der Waals surface area contributed by atoms with Crippen LogP contribution in [0.2, 0.25) is 0 Å². The van der Waals surface area contributed by atoms with E-state index in [2.05, 4.69) is 61.5 Å². The molecular formula is C26H38. The second-order valence-corrected chi connectivity index (χ2v) is 7.66. The maximum absolute atomic E-state index is 2.31. The number of rotatable bonds is 14. The van der Waals surface area contributed by atoms with Crippen LogP contribution in [-0.2, 0) is 6.42 Å². The molecule has 2 aromatic carbocycles. The van der Waals surface area contributed by atoms with Crippen molar-refractivity contribution in [2.24, 2.45) is 0 Å². The molecule has 0 amide bonds. The second-order valence-electron chi connectivity index (χ2n) is 7.66. The lowest BCUT2D eigenvalue weighted by atomic mass is 9.95. The van der Waals surface area contributed by atoms with E-state index in [-0.39, 0.29) is 0 Å². The zero-order valence-corrected chi connectivity index (χ0v) is 16.9. The summed E-state index contributed by atoms with van der Waals surface area (Å²) in [6.07, 6.45) is 18.2. The molecule has 0 spiro atoms. The van der Waals surface area contributed by atoms with Crippen molar-refractivity contribution in [1.82, 2.24) is 0 Å². The van der Waals surface area contributed by atoms with Gasteiger partial charge in [-0.05, 0) is 29.5 Å². The SMILES string of the molecule is CCCCCCCCCCCCCCc1ccccc1-c1ccccc1. The first-order valence-electron chi connectivity index (χ1n) is 11.0. The molecule has 26 heavy (non-hydrogen) atoms. The van der Waals surface area contributed by atoms with Crippen LogP contribution in [0.25, 0.3) is 11.1 Å². The summed E-state index contributed by atoms with van der Waals surface area (Å²) < 4.78 is 0. The Bertz CT molecular complexity index is 570. The third kappa shape index (κ3) is 8.21. The van der Waals surface area contributed by atoms with E-state index in [0.29, 0.717) is 0 Å². The Morgan fingerprint density at radius 1 is 0.500 bits per heavy atom. The molecule has 0 aromatic heterocycles. The summed E-state index contributed by atoms with van der Waals surface area (Å²) in [7, 11) is 0. The Morgan fingerprint density at radius 2 is 1.00 bits per heavy atom. The molecule has 0 nitrogen and oxygen atoms in total. The number of aryl methyl sites for hydroxylation is 1. The lowest BCUT2D eigenvalue weighted by molar-refractivity contribution is 0.544. The van der Waals surface area contributed by atoms with E-state index in [9.17, 15) is 0 Å². The van der Waals surface area contributed by atoms with Gasteiger partial charge in [-0.3, -0.25) is 0 Å². The minimum Gasteiger partial charge on any atom is -0.0654 e. The predicted octanol–water partition coefficient (Wildman–Crippen LogP) is 8.60. The van der Waals surface area contributed by atoms with Crippen molar-refractivity contribution in [3.8, 4) is 11.1 Å². The molecule has 0 saturated carbocycles. The zero-order chi connectivity index (χ0) is 18.3. The molecule has 142 valence electrons. The molecule has 0 saturated heterocycles. The monoisotopic (exact) mass is 350 g/mol. The van der Waals surface area contributed by atoms with Gasteiger partial charge in [0.15, 0.2) is 0 Å². The van der Waals surface area contributed by atoms with Crippen LogP contribution in [0, 0.1) is 0 Å². The van der Waals surface area contributed by atoms with E-state index < -0.39 is 0 Å². The Balaban J connectivity index is 1.56. The van der Waals surface area contributed by atoms with Crippen molar-refractivity contribution in [3.63, 3.8) is 0 Å². The Kier molecular flexibility index (Phi) is 10.9. The van der Waals surface area contributed by atoms with Gasteiger partial charge in [0, 0.05) is 0 Å². The van der Waals surface area contributed by atoms with Crippen LogP contribution in [0.1, 0.15) is 89.5 Å². The number of hydrogen-bond acceptors (Lipinski definition) is 0. The maximum Gasteiger partial charge on any atom is -0.0152 e. The third-order valence-corrected chi connectivity index (χ3v) is 5.40. The topological polar surface area (TPSA) is 0 Å².